The molecule has 0 aliphatic carbocycles. The summed E-state index contributed by atoms with van der Waals surface area (Å²) in [6.07, 6.45) is 21.7. The van der Waals surface area contributed by atoms with Crippen LogP contribution in [-0.4, -0.2) is 48.0 Å². The minimum absolute atomic E-state index is 0.0513. The first kappa shape index (κ1) is 52.6. The number of nitrogens with zero attached hydrogens (tertiary/aromatic N) is 2. The molecule has 0 radical (unpaired) electrons. The smallest absolute Gasteiger partial charge is 0.223 e. The summed E-state index contributed by atoms with van der Waals surface area (Å²) in [5.74, 6) is 3.39. The minimum atomic E-state index is 0.0513. The second-order valence-corrected chi connectivity index (χ2v) is 16.8. The third-order valence-electron chi connectivity index (χ3n) is 11.2. The van der Waals surface area contributed by atoms with Crippen molar-refractivity contribution in [1.29, 1.82) is 0 Å². The van der Waals surface area contributed by atoms with E-state index in [9.17, 15) is 9.59 Å². The molecule has 8 nitrogen and oxygen atoms in total. The number of unbranched alkanes of at least 4 members (excludes halogenated alkanes) is 9. The van der Waals surface area contributed by atoms with Crippen molar-refractivity contribution in [2.45, 2.75) is 129 Å². The molecule has 4 aromatic carbocycles. The lowest BCUT2D eigenvalue weighted by atomic mass is 10.1. The molecule has 4 aromatic rings. The molecule has 0 spiro atoms. The number of amides is 2. The molecule has 0 unspecified atom stereocenters. The topological polar surface area (TPSA) is 77.5 Å². The van der Waals surface area contributed by atoms with Crippen LogP contribution in [0.15, 0.2) is 148 Å². The Kier molecular flexibility index (Phi) is 26.0. The highest BCUT2D eigenvalue weighted by Crippen LogP contribution is 2.22. The molecule has 2 amide bonds. The first-order valence-corrected chi connectivity index (χ1v) is 24.3. The monoisotopic (exact) mass is 897 g/mol. The Labute approximate surface area is 397 Å². The van der Waals surface area contributed by atoms with Gasteiger partial charge in [0.05, 0.1) is 26.4 Å². The summed E-state index contributed by atoms with van der Waals surface area (Å²) in [4.78, 5) is 31.9. The van der Waals surface area contributed by atoms with E-state index in [-0.39, 0.29) is 11.8 Å². The van der Waals surface area contributed by atoms with E-state index in [1.807, 2.05) is 131 Å². The Bertz CT molecular complexity index is 1700. The van der Waals surface area contributed by atoms with Gasteiger partial charge in [0.15, 0.2) is 0 Å². The third-order valence-corrected chi connectivity index (χ3v) is 11.2. The summed E-state index contributed by atoms with van der Waals surface area (Å²) in [6, 6.07) is 32.1. The van der Waals surface area contributed by atoms with E-state index in [1.54, 1.807) is 0 Å². The predicted octanol–water partition coefficient (Wildman–Crippen LogP) is 13.9. The molecule has 0 saturated heterocycles. The highest BCUT2D eigenvalue weighted by Gasteiger charge is 2.18. The number of carbonyl (C=O) groups is 2. The van der Waals surface area contributed by atoms with E-state index in [0.717, 1.165) is 122 Å². The number of rotatable bonds is 37. The molecule has 0 aliphatic heterocycles. The lowest BCUT2D eigenvalue weighted by Crippen LogP contribution is -2.31. The van der Waals surface area contributed by atoms with Crippen LogP contribution in [0, 0.1) is 0 Å². The molecular formula is C58H76N2O6. The van der Waals surface area contributed by atoms with Gasteiger partial charge in [-0.2, -0.15) is 0 Å². The van der Waals surface area contributed by atoms with E-state index in [1.165, 1.54) is 0 Å². The van der Waals surface area contributed by atoms with Crippen LogP contribution in [-0.2, 0) is 35.8 Å². The first-order valence-electron chi connectivity index (χ1n) is 24.3. The molecule has 4 rings (SSSR count). The first-order chi connectivity index (χ1) is 32.4. The van der Waals surface area contributed by atoms with Crippen molar-refractivity contribution in [1.82, 2.24) is 9.80 Å². The summed E-state index contributed by atoms with van der Waals surface area (Å²) in [7, 11) is 0. The van der Waals surface area contributed by atoms with Gasteiger partial charge in [0.1, 0.15) is 23.0 Å². The SMILES string of the molecule is C=CCCCCOc1ccc(CN(Cc2ccc(OCCCCC=C)cc2)C(=O)CCCCC(=O)N(Cc2ccc(OCCCCC=C)cc2)Cc2ccc(OCCCCC=C)cc2)cc1. The Hall–Kier alpha value is -6.02. The van der Waals surface area contributed by atoms with Crippen molar-refractivity contribution in [3.05, 3.63) is 170 Å². The molecule has 354 valence electrons. The normalized spacial score (nSPS) is 10.7. The number of hydrogen-bond acceptors (Lipinski definition) is 6. The fraction of sp³-hybridized carbons (Fsp3) is 0.414. The summed E-state index contributed by atoms with van der Waals surface area (Å²) in [5.41, 5.74) is 4.11. The van der Waals surface area contributed by atoms with E-state index in [0.29, 0.717) is 78.3 Å². The predicted molar refractivity (Wildman–Crippen MR) is 271 cm³/mol. The second-order valence-electron chi connectivity index (χ2n) is 16.8. The minimum Gasteiger partial charge on any atom is -0.494 e. The molecule has 66 heavy (non-hydrogen) atoms. The standard InChI is InChI=1S/C58H76N2O6/c1-5-9-13-19-41-63-53-33-25-49(26-34-53)45-59(46-50-27-35-54(36-28-50)64-42-20-14-10-6-2)57(61)23-17-18-24-58(62)60(47-51-29-37-55(38-30-51)65-43-21-15-11-7-3)48-52-31-39-56(40-32-52)66-44-22-16-12-8-4/h5-8,25-40H,1-4,9-24,41-48H2. The number of carbonyl (C=O) groups excluding carboxylic acids is 2. The van der Waals surface area contributed by atoms with Crippen molar-refractivity contribution in [3.63, 3.8) is 0 Å². The quantitative estimate of drug-likeness (QED) is 0.0331. The lowest BCUT2D eigenvalue weighted by molar-refractivity contribution is -0.134. The van der Waals surface area contributed by atoms with Gasteiger partial charge in [-0.3, -0.25) is 9.59 Å². The molecule has 0 aromatic heterocycles. The summed E-state index contributed by atoms with van der Waals surface area (Å²) in [5, 5.41) is 0. The van der Waals surface area contributed by atoms with Gasteiger partial charge in [-0.05, 0) is 161 Å². The summed E-state index contributed by atoms with van der Waals surface area (Å²) < 4.78 is 23.8. The van der Waals surface area contributed by atoms with Crippen LogP contribution < -0.4 is 18.9 Å². The van der Waals surface area contributed by atoms with Gasteiger partial charge in [-0.1, -0.05) is 72.8 Å². The van der Waals surface area contributed by atoms with Crippen LogP contribution >= 0.6 is 0 Å². The maximum absolute atomic E-state index is 14.0. The highest BCUT2D eigenvalue weighted by atomic mass is 16.5. The van der Waals surface area contributed by atoms with Gasteiger partial charge < -0.3 is 28.7 Å². The number of allylic oxidation sites excluding steroid dienone is 4. The maximum Gasteiger partial charge on any atom is 0.223 e. The van der Waals surface area contributed by atoms with E-state index in [4.69, 9.17) is 18.9 Å². The molecule has 8 heteroatoms. The van der Waals surface area contributed by atoms with E-state index >= 15 is 0 Å². The van der Waals surface area contributed by atoms with Crippen molar-refractivity contribution >= 4 is 11.8 Å². The summed E-state index contributed by atoms with van der Waals surface area (Å²) >= 11 is 0. The molecule has 0 atom stereocenters. The fourth-order valence-electron chi connectivity index (χ4n) is 7.30. The van der Waals surface area contributed by atoms with Gasteiger partial charge in [-0.25, -0.2) is 0 Å². The molecule has 0 bridgehead atoms. The van der Waals surface area contributed by atoms with Crippen molar-refractivity contribution in [3.8, 4) is 23.0 Å². The number of ether oxygens (including phenoxy) is 4. The third kappa shape index (κ3) is 21.8. The maximum atomic E-state index is 14.0. The average Bonchev–Trinajstić information content (AvgIpc) is 3.34. The largest absolute Gasteiger partial charge is 0.494 e. The number of hydrogen-bond donors (Lipinski definition) is 0. The highest BCUT2D eigenvalue weighted by molar-refractivity contribution is 5.77. The average molecular weight is 897 g/mol. The van der Waals surface area contributed by atoms with Gasteiger partial charge in [0.2, 0.25) is 11.8 Å². The fourth-order valence-corrected chi connectivity index (χ4v) is 7.30. The Morgan fingerprint density at radius 3 is 0.788 bits per heavy atom. The Morgan fingerprint density at radius 1 is 0.348 bits per heavy atom. The van der Waals surface area contributed by atoms with Crippen LogP contribution in [0.5, 0.6) is 23.0 Å². The molecule has 0 aliphatic rings. The van der Waals surface area contributed by atoms with Gasteiger partial charge in [0, 0.05) is 39.0 Å². The zero-order valence-corrected chi connectivity index (χ0v) is 39.7. The van der Waals surface area contributed by atoms with Crippen LogP contribution in [0.3, 0.4) is 0 Å². The molecule has 0 N–H and O–H groups in total. The summed E-state index contributed by atoms with van der Waals surface area (Å²) in [6.45, 7) is 19.7. The number of benzene rings is 4. The van der Waals surface area contributed by atoms with Crippen LogP contribution in [0.4, 0.5) is 0 Å². The van der Waals surface area contributed by atoms with Gasteiger partial charge >= 0.3 is 0 Å². The van der Waals surface area contributed by atoms with Crippen molar-refractivity contribution in [2.75, 3.05) is 26.4 Å². The van der Waals surface area contributed by atoms with Crippen LogP contribution in [0.25, 0.3) is 0 Å². The van der Waals surface area contributed by atoms with Gasteiger partial charge in [-0.15, -0.1) is 26.3 Å². The molecule has 0 saturated carbocycles. The van der Waals surface area contributed by atoms with E-state index in [2.05, 4.69) is 26.3 Å². The Balaban J connectivity index is 1.38. The molecule has 0 fully saturated rings. The Morgan fingerprint density at radius 2 is 0.576 bits per heavy atom. The second kappa shape index (κ2) is 32.6. The van der Waals surface area contributed by atoms with Crippen molar-refractivity contribution in [2.24, 2.45) is 0 Å². The van der Waals surface area contributed by atoms with Gasteiger partial charge in [0.25, 0.3) is 0 Å². The van der Waals surface area contributed by atoms with E-state index < -0.39 is 0 Å². The van der Waals surface area contributed by atoms with Crippen molar-refractivity contribution < 1.29 is 28.5 Å². The van der Waals surface area contributed by atoms with Crippen LogP contribution in [0.1, 0.15) is 125 Å². The lowest BCUT2D eigenvalue weighted by Gasteiger charge is -2.24. The molecular weight excluding hydrogens is 821 g/mol. The molecule has 0 heterocycles. The zero-order valence-electron chi connectivity index (χ0n) is 39.7. The zero-order chi connectivity index (χ0) is 46.9. The van der Waals surface area contributed by atoms with Crippen LogP contribution in [0.2, 0.25) is 0 Å².